The maximum Gasteiger partial charge on any atom is 0.225 e. The highest BCUT2D eigenvalue weighted by Crippen LogP contribution is 2.18. The number of amides is 1. The summed E-state index contributed by atoms with van der Waals surface area (Å²) < 4.78 is 0. The van der Waals surface area contributed by atoms with Crippen molar-refractivity contribution in [3.8, 4) is 0 Å². The molecular weight excluding hydrogens is 204 g/mol. The lowest BCUT2D eigenvalue weighted by atomic mass is 10.1. The van der Waals surface area contributed by atoms with Gasteiger partial charge >= 0.3 is 0 Å². The minimum atomic E-state index is -0.381. The van der Waals surface area contributed by atoms with Gasteiger partial charge in [0.15, 0.2) is 0 Å². The number of carbonyl (C=O) groups is 1. The van der Waals surface area contributed by atoms with Crippen molar-refractivity contribution in [3.05, 3.63) is 22.8 Å². The smallest absolute Gasteiger partial charge is 0.225 e. The highest BCUT2D eigenvalue weighted by atomic mass is 16.1. The number of hydrogen-bond donors (Lipinski definition) is 2. The van der Waals surface area contributed by atoms with E-state index in [0.29, 0.717) is 5.82 Å². The zero-order valence-electron chi connectivity index (χ0n) is 9.42. The Morgan fingerprint density at radius 1 is 1.44 bits per heavy atom. The number of carbonyl (C=O) groups excluding carboxylic acids is 1. The molecule has 2 heterocycles. The van der Waals surface area contributed by atoms with Gasteiger partial charge in [-0.3, -0.25) is 4.79 Å². The maximum atomic E-state index is 10.9. The fourth-order valence-corrected chi connectivity index (χ4v) is 1.97. The van der Waals surface area contributed by atoms with Crippen LogP contribution in [0.3, 0.4) is 0 Å². The Morgan fingerprint density at radius 3 is 2.94 bits per heavy atom. The van der Waals surface area contributed by atoms with E-state index in [4.69, 9.17) is 5.73 Å². The van der Waals surface area contributed by atoms with Gasteiger partial charge in [-0.05, 0) is 6.42 Å². The number of primary amides is 1. The first kappa shape index (κ1) is 11.0. The molecular formula is C11H16N4O. The second-order valence-corrected chi connectivity index (χ2v) is 4.01. The maximum absolute atomic E-state index is 10.9. The first-order chi connectivity index (χ1) is 7.70. The van der Waals surface area contributed by atoms with Crippen molar-refractivity contribution < 1.29 is 4.79 Å². The number of aryl methyl sites for hydroxylation is 1. The molecule has 1 aromatic rings. The van der Waals surface area contributed by atoms with Crippen molar-refractivity contribution in [2.24, 2.45) is 5.73 Å². The van der Waals surface area contributed by atoms with E-state index in [9.17, 15) is 4.79 Å². The molecule has 0 radical (unpaired) electrons. The van der Waals surface area contributed by atoms with Gasteiger partial charge in [0.25, 0.3) is 0 Å². The molecule has 16 heavy (non-hydrogen) atoms. The molecule has 2 rings (SSSR count). The topological polar surface area (TPSA) is 80.9 Å². The Hall–Kier alpha value is -1.49. The Labute approximate surface area is 94.5 Å². The van der Waals surface area contributed by atoms with Crippen molar-refractivity contribution in [2.45, 2.75) is 39.3 Å². The number of nitrogens with two attached hydrogens (primary N) is 1. The minimum absolute atomic E-state index is 0.129. The normalized spacial score (nSPS) is 13.8. The molecule has 1 amide bonds. The summed E-state index contributed by atoms with van der Waals surface area (Å²) in [6.07, 6.45) is 2.10. The third kappa shape index (κ3) is 2.19. The van der Waals surface area contributed by atoms with Crippen LogP contribution < -0.4 is 11.1 Å². The number of aromatic nitrogens is 2. The van der Waals surface area contributed by atoms with Crippen molar-refractivity contribution in [1.82, 2.24) is 15.3 Å². The Kier molecular flexibility index (Phi) is 3.14. The molecule has 0 fully saturated rings. The molecule has 1 aliphatic rings. The van der Waals surface area contributed by atoms with Crippen LogP contribution in [0.2, 0.25) is 0 Å². The lowest BCUT2D eigenvalue weighted by Gasteiger charge is -2.07. The van der Waals surface area contributed by atoms with Gasteiger partial charge in [0, 0.05) is 24.3 Å². The van der Waals surface area contributed by atoms with E-state index in [1.54, 1.807) is 0 Å². The number of rotatable bonds is 4. The number of hydrogen-bond acceptors (Lipinski definition) is 4. The zero-order chi connectivity index (χ0) is 11.5. The highest BCUT2D eigenvalue weighted by Gasteiger charge is 2.18. The van der Waals surface area contributed by atoms with Gasteiger partial charge < -0.3 is 11.1 Å². The number of fused-ring (bicyclic) bond motifs is 1. The molecule has 0 saturated carbocycles. The zero-order valence-corrected chi connectivity index (χ0v) is 9.42. The van der Waals surface area contributed by atoms with Gasteiger partial charge in [-0.2, -0.15) is 0 Å². The molecule has 86 valence electrons. The first-order valence-electron chi connectivity index (χ1n) is 5.57. The SMILES string of the molecule is CCCc1nc(CC(N)=O)nc2c1CNC2. The molecule has 5 heteroatoms. The lowest BCUT2D eigenvalue weighted by Crippen LogP contribution is -2.17. The van der Waals surface area contributed by atoms with E-state index in [2.05, 4.69) is 22.2 Å². The van der Waals surface area contributed by atoms with Crippen molar-refractivity contribution in [1.29, 1.82) is 0 Å². The van der Waals surface area contributed by atoms with Gasteiger partial charge in [0.2, 0.25) is 5.91 Å². The second kappa shape index (κ2) is 4.57. The quantitative estimate of drug-likeness (QED) is 0.752. The highest BCUT2D eigenvalue weighted by molar-refractivity contribution is 5.75. The average Bonchev–Trinajstić information content (AvgIpc) is 2.65. The van der Waals surface area contributed by atoms with Crippen LogP contribution in [0.25, 0.3) is 0 Å². The van der Waals surface area contributed by atoms with E-state index < -0.39 is 0 Å². The Bertz CT molecular complexity index is 417. The van der Waals surface area contributed by atoms with Crippen LogP contribution in [0.5, 0.6) is 0 Å². The van der Waals surface area contributed by atoms with Gasteiger partial charge in [-0.25, -0.2) is 9.97 Å². The summed E-state index contributed by atoms with van der Waals surface area (Å²) in [6.45, 7) is 3.71. The molecule has 0 aliphatic carbocycles. The standard InChI is InChI=1S/C11H16N4O/c1-2-3-8-7-5-13-6-9(7)15-11(14-8)4-10(12)16/h13H,2-6H2,1H3,(H2,12,16). The van der Waals surface area contributed by atoms with Crippen LogP contribution in [0, 0.1) is 0 Å². The minimum Gasteiger partial charge on any atom is -0.369 e. The van der Waals surface area contributed by atoms with Gasteiger partial charge in [-0.1, -0.05) is 13.3 Å². The second-order valence-electron chi connectivity index (χ2n) is 4.01. The van der Waals surface area contributed by atoms with E-state index in [0.717, 1.165) is 37.3 Å². The number of nitrogens with one attached hydrogen (secondary N) is 1. The van der Waals surface area contributed by atoms with Crippen LogP contribution >= 0.6 is 0 Å². The summed E-state index contributed by atoms with van der Waals surface area (Å²) in [4.78, 5) is 19.6. The average molecular weight is 220 g/mol. The molecule has 0 atom stereocenters. The fourth-order valence-electron chi connectivity index (χ4n) is 1.97. The summed E-state index contributed by atoms with van der Waals surface area (Å²) in [5, 5.41) is 3.25. The lowest BCUT2D eigenvalue weighted by molar-refractivity contribution is -0.117. The predicted molar refractivity (Wildman–Crippen MR) is 59.5 cm³/mol. The Balaban J connectivity index is 2.35. The molecule has 0 bridgehead atoms. The van der Waals surface area contributed by atoms with Gasteiger partial charge in [0.05, 0.1) is 12.1 Å². The predicted octanol–water partition coefficient (Wildman–Crippen LogP) is 0.0601. The molecule has 0 saturated heterocycles. The van der Waals surface area contributed by atoms with E-state index >= 15 is 0 Å². The fraction of sp³-hybridized carbons (Fsp3) is 0.545. The van der Waals surface area contributed by atoms with Crippen molar-refractivity contribution in [2.75, 3.05) is 0 Å². The van der Waals surface area contributed by atoms with Crippen LogP contribution in [0.15, 0.2) is 0 Å². The largest absolute Gasteiger partial charge is 0.369 e. The van der Waals surface area contributed by atoms with Crippen LogP contribution in [0.1, 0.15) is 36.1 Å². The third-order valence-electron chi connectivity index (χ3n) is 2.64. The molecule has 1 aromatic heterocycles. The summed E-state index contributed by atoms with van der Waals surface area (Å²) in [7, 11) is 0. The van der Waals surface area contributed by atoms with Crippen molar-refractivity contribution >= 4 is 5.91 Å². The van der Waals surface area contributed by atoms with Crippen molar-refractivity contribution in [3.63, 3.8) is 0 Å². The van der Waals surface area contributed by atoms with Crippen LogP contribution in [-0.4, -0.2) is 15.9 Å². The third-order valence-corrected chi connectivity index (χ3v) is 2.64. The van der Waals surface area contributed by atoms with E-state index in [1.807, 2.05) is 0 Å². The molecule has 1 aliphatic heterocycles. The van der Waals surface area contributed by atoms with Crippen LogP contribution in [0.4, 0.5) is 0 Å². The van der Waals surface area contributed by atoms with Gasteiger partial charge in [0.1, 0.15) is 5.82 Å². The molecule has 0 unspecified atom stereocenters. The summed E-state index contributed by atoms with van der Waals surface area (Å²) >= 11 is 0. The first-order valence-corrected chi connectivity index (χ1v) is 5.57. The summed E-state index contributed by atoms with van der Waals surface area (Å²) in [5.41, 5.74) is 8.45. The molecule has 5 nitrogen and oxygen atoms in total. The van der Waals surface area contributed by atoms with E-state index in [-0.39, 0.29) is 12.3 Å². The van der Waals surface area contributed by atoms with Gasteiger partial charge in [-0.15, -0.1) is 0 Å². The van der Waals surface area contributed by atoms with E-state index in [1.165, 1.54) is 5.56 Å². The monoisotopic (exact) mass is 220 g/mol. The molecule has 0 spiro atoms. The molecule has 3 N–H and O–H groups in total. The molecule has 0 aromatic carbocycles. The number of nitrogens with zero attached hydrogens (tertiary/aromatic N) is 2. The summed E-state index contributed by atoms with van der Waals surface area (Å²) in [5.74, 6) is 0.173. The van der Waals surface area contributed by atoms with Crippen LogP contribution in [-0.2, 0) is 30.7 Å². The Morgan fingerprint density at radius 2 is 2.25 bits per heavy atom. The summed E-state index contributed by atoms with van der Waals surface area (Å²) in [6, 6.07) is 0.